The Balaban J connectivity index is 4.70. The van der Waals surface area contributed by atoms with Crippen molar-refractivity contribution in [2.75, 3.05) is 6.61 Å². The number of hydrogen-bond donors (Lipinski definition) is 0. The normalized spacial score (nSPS) is 14.4. The molecule has 22 heavy (non-hydrogen) atoms. The van der Waals surface area contributed by atoms with Gasteiger partial charge < -0.3 is 9.47 Å². The summed E-state index contributed by atoms with van der Waals surface area (Å²) < 4.78 is 10.8. The highest BCUT2D eigenvalue weighted by atomic mass is 16.6. The second kappa shape index (κ2) is 8.35. The lowest BCUT2D eigenvalue weighted by Gasteiger charge is -2.41. The van der Waals surface area contributed by atoms with Crippen LogP contribution in [0.2, 0.25) is 0 Å². The first-order chi connectivity index (χ1) is 9.93. The van der Waals surface area contributed by atoms with E-state index >= 15 is 0 Å². The maximum atomic E-state index is 12.1. The Hall–Kier alpha value is -1.32. The van der Waals surface area contributed by atoms with E-state index < -0.39 is 11.6 Å². The van der Waals surface area contributed by atoms with Crippen molar-refractivity contribution in [3.63, 3.8) is 0 Å². The van der Waals surface area contributed by atoms with Crippen LogP contribution < -0.4 is 0 Å². The van der Waals surface area contributed by atoms with Crippen LogP contribution in [-0.2, 0) is 19.1 Å². The minimum absolute atomic E-state index is 0.0257. The van der Waals surface area contributed by atoms with Crippen molar-refractivity contribution in [2.45, 2.75) is 73.3 Å². The van der Waals surface area contributed by atoms with E-state index in [9.17, 15) is 9.59 Å². The van der Waals surface area contributed by atoms with Gasteiger partial charge in [0.1, 0.15) is 12.2 Å². The van der Waals surface area contributed by atoms with Gasteiger partial charge >= 0.3 is 11.9 Å². The van der Waals surface area contributed by atoms with E-state index in [4.69, 9.17) is 9.47 Å². The van der Waals surface area contributed by atoms with Gasteiger partial charge in [-0.25, -0.2) is 4.79 Å². The molecule has 0 saturated carbocycles. The van der Waals surface area contributed by atoms with E-state index in [1.807, 2.05) is 6.92 Å². The number of carbonyl (C=O) groups is 2. The molecule has 1 atom stereocenters. The molecule has 0 bridgehead atoms. The number of rotatable bonds is 8. The summed E-state index contributed by atoms with van der Waals surface area (Å²) in [7, 11) is 0. The molecule has 0 aliphatic carbocycles. The van der Waals surface area contributed by atoms with Crippen LogP contribution in [0.1, 0.15) is 67.7 Å². The maximum Gasteiger partial charge on any atom is 0.333 e. The van der Waals surface area contributed by atoms with E-state index in [-0.39, 0.29) is 30.3 Å². The Morgan fingerprint density at radius 3 is 2.09 bits per heavy atom. The fourth-order valence-electron chi connectivity index (χ4n) is 2.49. The van der Waals surface area contributed by atoms with Gasteiger partial charge in [-0.1, -0.05) is 48.1 Å². The average molecular weight is 312 g/mol. The predicted octanol–water partition coefficient (Wildman–Crippen LogP) is 4.28. The third-order valence-electron chi connectivity index (χ3n) is 3.69. The number of ether oxygens (including phenoxy) is 2. The summed E-state index contributed by atoms with van der Waals surface area (Å²) in [6.07, 6.45) is 1.63. The Labute approximate surface area is 135 Å². The van der Waals surface area contributed by atoms with E-state index in [2.05, 4.69) is 41.2 Å². The zero-order chi connectivity index (χ0) is 17.6. The zero-order valence-corrected chi connectivity index (χ0v) is 15.2. The number of carbonyl (C=O) groups excluding carboxylic acids is 2. The Bertz CT molecular complexity index is 404. The van der Waals surface area contributed by atoms with Gasteiger partial charge in [-0.2, -0.15) is 0 Å². The van der Waals surface area contributed by atoms with Crippen molar-refractivity contribution in [1.82, 2.24) is 0 Å². The molecule has 0 heterocycles. The summed E-state index contributed by atoms with van der Waals surface area (Å²) in [4.78, 5) is 23.4. The topological polar surface area (TPSA) is 52.6 Å². The van der Waals surface area contributed by atoms with Crippen LogP contribution in [0.25, 0.3) is 0 Å². The van der Waals surface area contributed by atoms with Gasteiger partial charge in [-0.15, -0.1) is 0 Å². The lowest BCUT2D eigenvalue weighted by Crippen LogP contribution is -2.43. The number of esters is 2. The highest BCUT2D eigenvalue weighted by Crippen LogP contribution is 2.38. The van der Waals surface area contributed by atoms with E-state index in [1.165, 1.54) is 0 Å². The molecular weight excluding hydrogens is 280 g/mol. The van der Waals surface area contributed by atoms with Crippen molar-refractivity contribution in [3.8, 4) is 0 Å². The molecule has 0 aromatic heterocycles. The maximum absolute atomic E-state index is 12.1. The Kier molecular flexibility index (Phi) is 7.85. The van der Waals surface area contributed by atoms with Gasteiger partial charge in [0.2, 0.25) is 0 Å². The van der Waals surface area contributed by atoms with Crippen LogP contribution in [0.3, 0.4) is 0 Å². The summed E-state index contributed by atoms with van der Waals surface area (Å²) in [5.74, 6) is -0.582. The molecule has 0 aromatic carbocycles. The molecule has 0 N–H and O–H groups in total. The van der Waals surface area contributed by atoms with Crippen molar-refractivity contribution in [3.05, 3.63) is 12.2 Å². The molecule has 0 radical (unpaired) electrons. The molecule has 0 aliphatic rings. The molecule has 4 heteroatoms. The highest BCUT2D eigenvalue weighted by molar-refractivity contribution is 5.87. The summed E-state index contributed by atoms with van der Waals surface area (Å²) >= 11 is 0. The molecule has 0 spiro atoms. The van der Waals surface area contributed by atoms with Gasteiger partial charge in [0, 0.05) is 5.57 Å². The molecule has 128 valence electrons. The van der Waals surface area contributed by atoms with Gasteiger partial charge in [-0.05, 0) is 31.1 Å². The van der Waals surface area contributed by atoms with Crippen LogP contribution >= 0.6 is 0 Å². The fourth-order valence-corrected chi connectivity index (χ4v) is 2.49. The Morgan fingerprint density at radius 1 is 1.18 bits per heavy atom. The number of hydrogen-bond acceptors (Lipinski definition) is 4. The molecular formula is C18H32O4. The predicted molar refractivity (Wildman–Crippen MR) is 88.4 cm³/mol. The quantitative estimate of drug-likeness (QED) is 0.496. The van der Waals surface area contributed by atoms with Gasteiger partial charge in [-0.3, -0.25) is 4.79 Å². The molecule has 1 unspecified atom stereocenters. The SMILES string of the molecule is C=C(C)C(=O)OCCC(=O)OC(CC)(CC(C)(C)C)C(C)C. The molecule has 0 aliphatic heterocycles. The summed E-state index contributed by atoms with van der Waals surface area (Å²) in [5, 5.41) is 0. The van der Waals surface area contributed by atoms with E-state index in [0.29, 0.717) is 5.57 Å². The van der Waals surface area contributed by atoms with Gasteiger partial charge in [0.15, 0.2) is 0 Å². The standard InChI is InChI=1S/C18H32O4/c1-9-18(14(4)5,12-17(6,7)8)22-15(19)10-11-21-16(20)13(2)3/h14H,2,9-12H2,1,3-8H3. The third kappa shape index (κ3) is 7.10. The molecule has 0 rings (SSSR count). The van der Waals surface area contributed by atoms with Crippen LogP contribution in [0, 0.1) is 11.3 Å². The molecule has 4 nitrogen and oxygen atoms in total. The van der Waals surface area contributed by atoms with Crippen LogP contribution in [0.4, 0.5) is 0 Å². The van der Waals surface area contributed by atoms with E-state index in [0.717, 1.165) is 12.8 Å². The highest BCUT2D eigenvalue weighted by Gasteiger charge is 2.39. The van der Waals surface area contributed by atoms with Crippen LogP contribution in [0.15, 0.2) is 12.2 Å². The molecule has 0 fully saturated rings. The Morgan fingerprint density at radius 2 is 1.73 bits per heavy atom. The van der Waals surface area contributed by atoms with Crippen LogP contribution in [0.5, 0.6) is 0 Å². The first-order valence-electron chi connectivity index (χ1n) is 7.98. The zero-order valence-electron chi connectivity index (χ0n) is 15.2. The van der Waals surface area contributed by atoms with Crippen molar-refractivity contribution in [1.29, 1.82) is 0 Å². The van der Waals surface area contributed by atoms with Gasteiger partial charge in [0.05, 0.1) is 6.42 Å². The summed E-state index contributed by atoms with van der Waals surface area (Å²) in [6.45, 7) is 17.7. The minimum Gasteiger partial charge on any atom is -0.462 e. The smallest absolute Gasteiger partial charge is 0.333 e. The first-order valence-corrected chi connectivity index (χ1v) is 7.98. The molecule has 0 amide bonds. The third-order valence-corrected chi connectivity index (χ3v) is 3.69. The second-order valence-corrected chi connectivity index (χ2v) is 7.45. The fraction of sp³-hybridized carbons (Fsp3) is 0.778. The second-order valence-electron chi connectivity index (χ2n) is 7.45. The van der Waals surface area contributed by atoms with E-state index in [1.54, 1.807) is 6.92 Å². The monoisotopic (exact) mass is 312 g/mol. The largest absolute Gasteiger partial charge is 0.462 e. The van der Waals surface area contributed by atoms with Gasteiger partial charge in [0.25, 0.3) is 0 Å². The average Bonchev–Trinajstić information content (AvgIpc) is 2.35. The lowest BCUT2D eigenvalue weighted by atomic mass is 9.74. The lowest BCUT2D eigenvalue weighted by molar-refractivity contribution is -0.171. The van der Waals surface area contributed by atoms with Crippen molar-refractivity contribution in [2.24, 2.45) is 11.3 Å². The first kappa shape index (κ1) is 20.7. The molecule has 0 aromatic rings. The van der Waals surface area contributed by atoms with Crippen molar-refractivity contribution < 1.29 is 19.1 Å². The summed E-state index contributed by atoms with van der Waals surface area (Å²) in [6, 6.07) is 0. The van der Waals surface area contributed by atoms with Crippen LogP contribution in [-0.4, -0.2) is 24.1 Å². The molecule has 0 saturated heterocycles. The summed E-state index contributed by atoms with van der Waals surface area (Å²) in [5.41, 5.74) is -0.0908. The van der Waals surface area contributed by atoms with Crippen molar-refractivity contribution >= 4 is 11.9 Å². The minimum atomic E-state index is -0.479.